The third-order valence-electron chi connectivity index (χ3n) is 4.91. The number of carbonyl (C=O) groups excluding carboxylic acids is 2. The van der Waals surface area contributed by atoms with Gasteiger partial charge in [-0.05, 0) is 56.4 Å². The Morgan fingerprint density at radius 2 is 1.74 bits per heavy atom. The van der Waals surface area contributed by atoms with Gasteiger partial charge in [0.2, 0.25) is 5.91 Å². The maximum Gasteiger partial charge on any atom is 0.220 e. The van der Waals surface area contributed by atoms with Crippen LogP contribution in [0.3, 0.4) is 0 Å². The van der Waals surface area contributed by atoms with Crippen LogP contribution in [-0.4, -0.2) is 30.4 Å². The number of unbranched alkanes of at least 4 members (excludes halogenated alkanes) is 2. The van der Waals surface area contributed by atoms with Gasteiger partial charge in [0.15, 0.2) is 5.78 Å². The van der Waals surface area contributed by atoms with Crippen molar-refractivity contribution < 1.29 is 14.3 Å². The fraction of sp³-hybridized carbons (Fsp3) is 0.619. The number of nitrogens with one attached hydrogen (secondary N) is 1. The Morgan fingerprint density at radius 3 is 2.37 bits per heavy atom. The second-order valence-electron chi connectivity index (χ2n) is 7.18. The molecular weight excluding hydrogens is 364 g/mol. The third kappa shape index (κ3) is 8.76. The van der Waals surface area contributed by atoms with E-state index in [0.717, 1.165) is 44.3 Å². The molecule has 0 heterocycles. The molecule has 3 N–H and O–H groups in total. The molecule has 5 nitrogen and oxygen atoms in total. The molecular formula is C21H33ClN2O3. The Morgan fingerprint density at radius 1 is 1.07 bits per heavy atom. The van der Waals surface area contributed by atoms with Crippen molar-refractivity contribution in [3.63, 3.8) is 0 Å². The molecule has 0 atom stereocenters. The molecule has 1 fully saturated rings. The Kier molecular flexibility index (Phi) is 11.1. The highest BCUT2D eigenvalue weighted by molar-refractivity contribution is 5.98. The van der Waals surface area contributed by atoms with Crippen molar-refractivity contribution in [2.75, 3.05) is 6.61 Å². The maximum atomic E-state index is 12.3. The van der Waals surface area contributed by atoms with E-state index in [2.05, 4.69) is 12.2 Å². The highest BCUT2D eigenvalue weighted by atomic mass is 35.5. The summed E-state index contributed by atoms with van der Waals surface area (Å²) >= 11 is 0. The van der Waals surface area contributed by atoms with Crippen LogP contribution in [0.1, 0.15) is 75.1 Å². The summed E-state index contributed by atoms with van der Waals surface area (Å²) in [6, 6.07) is 7.68. The minimum absolute atomic E-state index is 0. The lowest BCUT2D eigenvalue weighted by Crippen LogP contribution is -2.40. The lowest BCUT2D eigenvalue weighted by molar-refractivity contribution is -0.122. The smallest absolute Gasteiger partial charge is 0.220 e. The molecule has 2 rings (SSSR count). The number of hydrogen-bond acceptors (Lipinski definition) is 4. The molecule has 0 unspecified atom stereocenters. The number of ketones is 1. The molecule has 0 aliphatic heterocycles. The van der Waals surface area contributed by atoms with Crippen molar-refractivity contribution in [1.29, 1.82) is 0 Å². The minimum atomic E-state index is -0.0466. The van der Waals surface area contributed by atoms with Gasteiger partial charge >= 0.3 is 0 Å². The first-order valence-electron chi connectivity index (χ1n) is 9.89. The van der Waals surface area contributed by atoms with Crippen LogP contribution < -0.4 is 15.8 Å². The van der Waals surface area contributed by atoms with Gasteiger partial charge in [-0.3, -0.25) is 9.59 Å². The van der Waals surface area contributed by atoms with Gasteiger partial charge in [0.1, 0.15) is 5.75 Å². The number of nitrogens with two attached hydrogens (primary N) is 1. The molecule has 1 aromatic carbocycles. The molecule has 0 aromatic heterocycles. The largest absolute Gasteiger partial charge is 0.494 e. The summed E-state index contributed by atoms with van der Waals surface area (Å²) in [5.74, 6) is 0.726. The van der Waals surface area contributed by atoms with Gasteiger partial charge in [-0.25, -0.2) is 0 Å². The highest BCUT2D eigenvalue weighted by Crippen LogP contribution is 2.18. The van der Waals surface area contributed by atoms with Crippen LogP contribution in [-0.2, 0) is 4.79 Å². The average molecular weight is 397 g/mol. The topological polar surface area (TPSA) is 81.4 Å². The van der Waals surface area contributed by atoms with Crippen LogP contribution in [0.15, 0.2) is 24.3 Å². The molecule has 1 aromatic rings. The Hall–Kier alpha value is -1.59. The number of rotatable bonds is 10. The summed E-state index contributed by atoms with van der Waals surface area (Å²) in [5.41, 5.74) is 6.50. The predicted octanol–water partition coefficient (Wildman–Crippen LogP) is 4.03. The lowest BCUT2D eigenvalue weighted by atomic mass is 9.91. The van der Waals surface area contributed by atoms with Crippen molar-refractivity contribution in [3.05, 3.63) is 29.8 Å². The first-order valence-corrected chi connectivity index (χ1v) is 9.89. The van der Waals surface area contributed by atoms with Gasteiger partial charge in [0.05, 0.1) is 6.61 Å². The second kappa shape index (κ2) is 12.7. The molecule has 1 amide bonds. The summed E-state index contributed by atoms with van der Waals surface area (Å²) < 4.78 is 5.65. The zero-order valence-electron chi connectivity index (χ0n) is 16.2. The molecule has 1 aliphatic carbocycles. The molecule has 27 heavy (non-hydrogen) atoms. The molecule has 6 heteroatoms. The van der Waals surface area contributed by atoms with Crippen LogP contribution in [0, 0.1) is 0 Å². The number of benzene rings is 1. The van der Waals surface area contributed by atoms with E-state index in [-0.39, 0.29) is 49.0 Å². The predicted molar refractivity (Wildman–Crippen MR) is 111 cm³/mol. The van der Waals surface area contributed by atoms with E-state index in [0.29, 0.717) is 12.2 Å². The molecule has 1 saturated carbocycles. The number of carbonyl (C=O) groups is 2. The number of hydrogen-bond donors (Lipinski definition) is 2. The van der Waals surface area contributed by atoms with E-state index in [1.54, 1.807) is 12.1 Å². The zero-order valence-corrected chi connectivity index (χ0v) is 17.1. The normalized spacial score (nSPS) is 19.0. The monoisotopic (exact) mass is 396 g/mol. The summed E-state index contributed by atoms with van der Waals surface area (Å²) in [5, 5.41) is 3.02. The van der Waals surface area contributed by atoms with Crippen LogP contribution in [0.5, 0.6) is 5.75 Å². The summed E-state index contributed by atoms with van der Waals surface area (Å²) in [6.07, 6.45) is 7.60. The van der Waals surface area contributed by atoms with Gasteiger partial charge in [0.25, 0.3) is 0 Å². The quantitative estimate of drug-likeness (QED) is 0.462. The summed E-state index contributed by atoms with van der Waals surface area (Å²) in [6.45, 7) is 2.86. The van der Waals surface area contributed by atoms with E-state index < -0.39 is 0 Å². The van der Waals surface area contributed by atoms with Gasteiger partial charge in [0, 0.05) is 30.5 Å². The second-order valence-corrected chi connectivity index (χ2v) is 7.18. The van der Waals surface area contributed by atoms with Gasteiger partial charge in [-0.1, -0.05) is 19.8 Å². The molecule has 152 valence electrons. The molecule has 1 aliphatic rings. The van der Waals surface area contributed by atoms with Crippen LogP contribution in [0.25, 0.3) is 0 Å². The van der Waals surface area contributed by atoms with E-state index in [1.165, 1.54) is 6.42 Å². The summed E-state index contributed by atoms with van der Waals surface area (Å²) in [7, 11) is 0. The average Bonchev–Trinajstić information content (AvgIpc) is 2.66. The molecule has 0 saturated heterocycles. The molecule has 0 spiro atoms. The SMILES string of the molecule is CCCCCOc1ccc(C(=O)CCC(=O)NC2CCC(N)CC2)cc1.Cl. The van der Waals surface area contributed by atoms with Crippen molar-refractivity contribution in [2.24, 2.45) is 5.73 Å². The number of amides is 1. The summed E-state index contributed by atoms with van der Waals surface area (Å²) in [4.78, 5) is 24.3. The first kappa shape index (κ1) is 23.4. The van der Waals surface area contributed by atoms with Crippen LogP contribution in [0.2, 0.25) is 0 Å². The van der Waals surface area contributed by atoms with E-state index in [1.807, 2.05) is 12.1 Å². The Balaban J connectivity index is 0.00000364. The zero-order chi connectivity index (χ0) is 18.8. The van der Waals surface area contributed by atoms with Crippen molar-refractivity contribution in [1.82, 2.24) is 5.32 Å². The van der Waals surface area contributed by atoms with Crippen molar-refractivity contribution in [2.45, 2.75) is 76.8 Å². The van der Waals surface area contributed by atoms with E-state index in [9.17, 15) is 9.59 Å². The Bertz CT molecular complexity index is 569. The first-order chi connectivity index (χ1) is 12.6. The van der Waals surface area contributed by atoms with Crippen LogP contribution in [0.4, 0.5) is 0 Å². The molecule has 0 bridgehead atoms. The van der Waals surface area contributed by atoms with Crippen LogP contribution >= 0.6 is 12.4 Å². The number of ether oxygens (including phenoxy) is 1. The molecule has 0 radical (unpaired) electrons. The maximum absolute atomic E-state index is 12.3. The minimum Gasteiger partial charge on any atom is -0.494 e. The number of halogens is 1. The van der Waals surface area contributed by atoms with E-state index in [4.69, 9.17) is 10.5 Å². The van der Waals surface area contributed by atoms with Crippen molar-refractivity contribution in [3.8, 4) is 5.75 Å². The fourth-order valence-electron chi connectivity index (χ4n) is 3.21. The van der Waals surface area contributed by atoms with Gasteiger partial charge in [-0.15, -0.1) is 12.4 Å². The highest BCUT2D eigenvalue weighted by Gasteiger charge is 2.20. The number of Topliss-reactive ketones (excluding diaryl/α,β-unsaturated/α-hetero) is 1. The van der Waals surface area contributed by atoms with Gasteiger partial charge < -0.3 is 15.8 Å². The van der Waals surface area contributed by atoms with E-state index >= 15 is 0 Å². The fourth-order valence-corrected chi connectivity index (χ4v) is 3.21. The standard InChI is InChI=1S/C21H32N2O3.ClH/c1-2-3-4-15-26-19-11-5-16(6-12-19)20(24)13-14-21(25)23-18-9-7-17(22)8-10-18;/h5-6,11-12,17-18H,2-4,7-10,13-15,22H2,1H3,(H,23,25);1H. The van der Waals surface area contributed by atoms with Gasteiger partial charge in [-0.2, -0.15) is 0 Å². The Labute approximate surface area is 168 Å². The lowest BCUT2D eigenvalue weighted by Gasteiger charge is -2.26. The third-order valence-corrected chi connectivity index (χ3v) is 4.91. The van der Waals surface area contributed by atoms with Crippen molar-refractivity contribution >= 4 is 24.1 Å².